The SMILES string of the molecule is COC1=NCC(CC(=O)Nc2nnc([C@H]3CCC[C@H](c4nnc(NC(=O)Cc5ccc(OC)nc5)s4)C3)s2)C=C1. The minimum absolute atomic E-state index is 0.0337. The summed E-state index contributed by atoms with van der Waals surface area (Å²) in [5, 5.41) is 25.7. The van der Waals surface area contributed by atoms with E-state index in [1.165, 1.54) is 22.7 Å². The maximum absolute atomic E-state index is 12.5. The first-order valence-electron chi connectivity index (χ1n) is 13.0. The number of hydrogen-bond acceptors (Lipinski definition) is 12. The van der Waals surface area contributed by atoms with Crippen LogP contribution in [0.2, 0.25) is 0 Å². The number of carbonyl (C=O) groups excluding carboxylic acids is 2. The van der Waals surface area contributed by atoms with Gasteiger partial charge in [0, 0.05) is 43.0 Å². The summed E-state index contributed by atoms with van der Waals surface area (Å²) in [6.07, 6.45) is 9.77. The van der Waals surface area contributed by atoms with Gasteiger partial charge in [0.2, 0.25) is 33.9 Å². The summed E-state index contributed by atoms with van der Waals surface area (Å²) < 4.78 is 10.1. The average molecular weight is 583 g/mol. The zero-order valence-corrected chi connectivity index (χ0v) is 23.8. The van der Waals surface area contributed by atoms with Crippen molar-refractivity contribution in [3.8, 4) is 5.88 Å². The van der Waals surface area contributed by atoms with Gasteiger partial charge in [0.25, 0.3) is 0 Å². The Morgan fingerprint density at radius 2 is 1.65 bits per heavy atom. The van der Waals surface area contributed by atoms with Gasteiger partial charge in [-0.2, -0.15) is 0 Å². The number of nitrogens with zero attached hydrogens (tertiary/aromatic N) is 6. The molecule has 5 rings (SSSR count). The standard InChI is InChI=1S/C26H30N8O4S2/c1-37-21-8-6-15(13-27-21)10-19(35)29-25-33-31-23(39-25)17-4-3-5-18(12-17)24-32-34-26(40-24)30-20(36)11-16-7-9-22(38-2)28-14-16/h6-9,13,16-18H,3-5,10-12,14H2,1-2H3,(H,29,33,35)(H,30,34,36)/t16?,17-,18-/m0/s1. The van der Waals surface area contributed by atoms with E-state index in [0.29, 0.717) is 35.0 Å². The molecule has 3 aromatic heterocycles. The molecule has 1 unspecified atom stereocenters. The van der Waals surface area contributed by atoms with Gasteiger partial charge in [-0.15, -0.1) is 20.4 Å². The molecule has 14 heteroatoms. The van der Waals surface area contributed by atoms with Gasteiger partial charge in [-0.25, -0.2) is 4.98 Å². The third-order valence-corrected chi connectivity index (χ3v) is 8.77. The normalized spacial score (nSPS) is 20.4. The van der Waals surface area contributed by atoms with Gasteiger partial charge in [0.1, 0.15) is 10.0 Å². The molecule has 0 spiro atoms. The molecule has 2 aliphatic rings. The van der Waals surface area contributed by atoms with Crippen molar-refractivity contribution in [1.29, 1.82) is 0 Å². The Labute approximate surface area is 239 Å². The van der Waals surface area contributed by atoms with Crippen molar-refractivity contribution in [2.24, 2.45) is 10.9 Å². The highest BCUT2D eigenvalue weighted by Crippen LogP contribution is 2.43. The van der Waals surface area contributed by atoms with E-state index >= 15 is 0 Å². The summed E-state index contributed by atoms with van der Waals surface area (Å²) in [5.74, 6) is 1.29. The molecule has 4 heterocycles. The van der Waals surface area contributed by atoms with Crippen LogP contribution in [-0.2, 0) is 20.7 Å². The van der Waals surface area contributed by atoms with Crippen LogP contribution in [0.15, 0.2) is 35.5 Å². The number of methoxy groups -OCH3 is 2. The van der Waals surface area contributed by atoms with Gasteiger partial charge >= 0.3 is 0 Å². The van der Waals surface area contributed by atoms with Crippen LogP contribution >= 0.6 is 22.7 Å². The van der Waals surface area contributed by atoms with Crippen molar-refractivity contribution in [2.45, 2.75) is 50.4 Å². The molecule has 0 bridgehead atoms. The number of rotatable bonds is 9. The molecule has 2 amide bonds. The number of carbonyl (C=O) groups is 2. The number of nitrogens with one attached hydrogen (secondary N) is 2. The summed E-state index contributed by atoms with van der Waals surface area (Å²) in [4.78, 5) is 33.4. The molecule has 210 valence electrons. The first-order valence-corrected chi connectivity index (χ1v) is 14.6. The summed E-state index contributed by atoms with van der Waals surface area (Å²) >= 11 is 2.84. The maximum Gasteiger partial charge on any atom is 0.230 e. The van der Waals surface area contributed by atoms with E-state index < -0.39 is 0 Å². The number of aromatic nitrogens is 5. The lowest BCUT2D eigenvalue weighted by molar-refractivity contribution is -0.117. The largest absolute Gasteiger partial charge is 0.481 e. The van der Waals surface area contributed by atoms with Crippen molar-refractivity contribution in [1.82, 2.24) is 25.4 Å². The highest BCUT2D eigenvalue weighted by Gasteiger charge is 2.29. The fourth-order valence-corrected chi connectivity index (χ4v) is 6.55. The van der Waals surface area contributed by atoms with E-state index in [9.17, 15) is 9.59 Å². The van der Waals surface area contributed by atoms with E-state index in [0.717, 1.165) is 41.3 Å². The Balaban J connectivity index is 1.11. The van der Waals surface area contributed by atoms with Crippen molar-refractivity contribution in [3.63, 3.8) is 0 Å². The van der Waals surface area contributed by atoms with Crippen molar-refractivity contribution in [2.75, 3.05) is 31.4 Å². The van der Waals surface area contributed by atoms with E-state index in [2.05, 4.69) is 41.0 Å². The second-order valence-corrected chi connectivity index (χ2v) is 11.7. The molecular formula is C26H30N8O4S2. The number of dihydropyridines is 1. The van der Waals surface area contributed by atoms with Crippen LogP contribution < -0.4 is 15.4 Å². The Morgan fingerprint density at radius 1 is 0.950 bits per heavy atom. The lowest BCUT2D eigenvalue weighted by Gasteiger charge is -2.25. The number of aliphatic imine (C=N–C) groups is 1. The van der Waals surface area contributed by atoms with Crippen LogP contribution in [0.4, 0.5) is 10.3 Å². The lowest BCUT2D eigenvalue weighted by atomic mass is 9.82. The van der Waals surface area contributed by atoms with Crippen molar-refractivity contribution < 1.29 is 19.1 Å². The molecule has 1 aliphatic heterocycles. The quantitative estimate of drug-likeness (QED) is 0.381. The Bertz CT molecular complexity index is 1390. The van der Waals surface area contributed by atoms with E-state index in [1.807, 2.05) is 12.1 Å². The van der Waals surface area contributed by atoms with E-state index in [-0.39, 0.29) is 36.0 Å². The van der Waals surface area contributed by atoms with Gasteiger partial charge in [-0.05, 0) is 30.9 Å². The van der Waals surface area contributed by atoms with E-state index in [1.54, 1.807) is 32.6 Å². The topological polar surface area (TPSA) is 153 Å². The molecule has 0 aromatic carbocycles. The third-order valence-electron chi connectivity index (χ3n) is 6.77. The summed E-state index contributed by atoms with van der Waals surface area (Å²) in [5.41, 5.74) is 0.784. The Morgan fingerprint density at radius 3 is 2.23 bits per heavy atom. The Hall–Kier alpha value is -3.78. The predicted molar refractivity (Wildman–Crippen MR) is 152 cm³/mol. The zero-order chi connectivity index (χ0) is 27.9. The fourth-order valence-electron chi connectivity index (χ4n) is 4.74. The highest BCUT2D eigenvalue weighted by molar-refractivity contribution is 7.15. The smallest absolute Gasteiger partial charge is 0.230 e. The second-order valence-electron chi connectivity index (χ2n) is 9.64. The number of ether oxygens (including phenoxy) is 2. The molecule has 1 saturated carbocycles. The monoisotopic (exact) mass is 582 g/mol. The lowest BCUT2D eigenvalue weighted by Crippen LogP contribution is -2.19. The summed E-state index contributed by atoms with van der Waals surface area (Å²) in [6, 6.07) is 3.53. The van der Waals surface area contributed by atoms with Gasteiger partial charge in [-0.3, -0.25) is 14.6 Å². The number of anilines is 2. The molecule has 40 heavy (non-hydrogen) atoms. The van der Waals surface area contributed by atoms with Gasteiger partial charge < -0.3 is 20.1 Å². The highest BCUT2D eigenvalue weighted by atomic mass is 32.1. The minimum Gasteiger partial charge on any atom is -0.481 e. The van der Waals surface area contributed by atoms with Gasteiger partial charge in [-0.1, -0.05) is 41.2 Å². The molecule has 0 saturated heterocycles. The minimum atomic E-state index is -0.174. The van der Waals surface area contributed by atoms with Gasteiger partial charge in [0.15, 0.2) is 0 Å². The summed E-state index contributed by atoms with van der Waals surface area (Å²) in [7, 11) is 3.13. The second kappa shape index (κ2) is 13.0. The van der Waals surface area contributed by atoms with Crippen molar-refractivity contribution in [3.05, 3.63) is 46.1 Å². The molecule has 1 fully saturated rings. The number of hydrogen-bond donors (Lipinski definition) is 2. The van der Waals surface area contributed by atoms with E-state index in [4.69, 9.17) is 9.47 Å². The first kappa shape index (κ1) is 27.8. The van der Waals surface area contributed by atoms with Crippen molar-refractivity contribution >= 4 is 50.6 Å². The van der Waals surface area contributed by atoms with Crippen LogP contribution in [0.5, 0.6) is 5.88 Å². The van der Waals surface area contributed by atoms with Gasteiger partial charge in [0.05, 0.1) is 20.6 Å². The summed E-state index contributed by atoms with van der Waals surface area (Å²) in [6.45, 7) is 0.523. The van der Waals surface area contributed by atoms with Crippen LogP contribution in [-0.4, -0.2) is 63.9 Å². The first-order chi connectivity index (χ1) is 19.5. The molecule has 0 radical (unpaired) electrons. The molecule has 1 aliphatic carbocycles. The zero-order valence-electron chi connectivity index (χ0n) is 22.2. The predicted octanol–water partition coefficient (Wildman–Crippen LogP) is 3.98. The number of amides is 2. The molecule has 3 aromatic rings. The van der Waals surface area contributed by atoms with Crippen LogP contribution in [0.1, 0.15) is 59.5 Å². The van der Waals surface area contributed by atoms with Crippen LogP contribution in [0.3, 0.4) is 0 Å². The molecular weight excluding hydrogens is 552 g/mol. The molecule has 3 atom stereocenters. The molecule has 12 nitrogen and oxygen atoms in total. The average Bonchev–Trinajstić information content (AvgIpc) is 3.64. The number of pyridine rings is 1. The molecule has 2 N–H and O–H groups in total. The fraction of sp³-hybridized carbons (Fsp3) is 0.462. The Kier molecular flexibility index (Phi) is 9.06. The third kappa shape index (κ3) is 7.24. The van der Waals surface area contributed by atoms with Crippen LogP contribution in [0, 0.1) is 5.92 Å². The van der Waals surface area contributed by atoms with Crippen LogP contribution in [0.25, 0.3) is 0 Å². The maximum atomic E-state index is 12.5.